The van der Waals surface area contributed by atoms with Gasteiger partial charge in [-0.15, -0.1) is 0 Å². The number of hydrogen-bond acceptors (Lipinski definition) is 7. The van der Waals surface area contributed by atoms with Gasteiger partial charge in [-0.05, 0) is 61.7 Å². The van der Waals surface area contributed by atoms with Crippen molar-refractivity contribution in [2.45, 2.75) is 25.4 Å². The molecule has 9 nitrogen and oxygen atoms in total. The number of anilines is 3. The van der Waals surface area contributed by atoms with Crippen LogP contribution in [0.3, 0.4) is 0 Å². The summed E-state index contributed by atoms with van der Waals surface area (Å²) < 4.78 is 15.0. The molecule has 6 rings (SSSR count). The lowest BCUT2D eigenvalue weighted by Gasteiger charge is -2.31. The first-order valence-corrected chi connectivity index (χ1v) is 12.7. The second-order valence-corrected chi connectivity index (χ2v) is 9.71. The number of rotatable bonds is 5. The SMILES string of the molecule is O=C(c1ccc(F)c(-c2cc(Nc3ccc(N4CCC(O)CC4)cn3)c3c(=O)[nH]ccc3n2)c1)N1CCC1. The molecule has 38 heavy (non-hydrogen) atoms. The fourth-order valence-electron chi connectivity index (χ4n) is 4.89. The van der Waals surface area contributed by atoms with Crippen LogP contribution in [0.2, 0.25) is 0 Å². The summed E-state index contributed by atoms with van der Waals surface area (Å²) in [4.78, 5) is 41.1. The van der Waals surface area contributed by atoms with Gasteiger partial charge in [0.1, 0.15) is 11.6 Å². The maximum absolute atomic E-state index is 15.0. The standard InChI is InChI=1S/C28H27FN6O3/c29-21-4-2-17(28(38)35-10-1-11-35)14-20(21)23-15-24(26-22(32-23)6-9-30-27(26)37)33-25-5-3-18(16-31-25)34-12-7-19(36)8-13-34/h2-6,9,14-16,19,36H,1,7-8,10-13H2,(H,30,37)(H,31,32,33). The third-order valence-corrected chi connectivity index (χ3v) is 7.20. The Bertz CT molecular complexity index is 1560. The molecule has 2 aliphatic rings. The second-order valence-electron chi connectivity index (χ2n) is 9.71. The highest BCUT2D eigenvalue weighted by atomic mass is 19.1. The molecule has 0 spiro atoms. The van der Waals surface area contributed by atoms with Gasteiger partial charge < -0.3 is 25.2 Å². The molecule has 0 aliphatic carbocycles. The van der Waals surface area contributed by atoms with E-state index in [4.69, 9.17) is 0 Å². The first-order chi connectivity index (χ1) is 18.5. The van der Waals surface area contributed by atoms with Crippen LogP contribution in [0.5, 0.6) is 0 Å². The predicted molar refractivity (Wildman–Crippen MR) is 143 cm³/mol. The number of amides is 1. The molecular formula is C28H27FN6O3. The molecule has 4 aromatic rings. The number of halogens is 1. The van der Waals surface area contributed by atoms with Crippen LogP contribution in [0, 0.1) is 5.82 Å². The van der Waals surface area contributed by atoms with Gasteiger partial charge in [-0.1, -0.05) is 0 Å². The fourth-order valence-corrected chi connectivity index (χ4v) is 4.89. The van der Waals surface area contributed by atoms with Gasteiger partial charge in [-0.2, -0.15) is 0 Å². The molecule has 194 valence electrons. The molecule has 3 N–H and O–H groups in total. The number of likely N-dealkylation sites (tertiary alicyclic amines) is 1. The van der Waals surface area contributed by atoms with Gasteiger partial charge in [0.15, 0.2) is 0 Å². The van der Waals surface area contributed by atoms with Gasteiger partial charge in [0.2, 0.25) is 0 Å². The Balaban J connectivity index is 1.36. The molecule has 0 saturated carbocycles. The first kappa shape index (κ1) is 24.1. The molecule has 2 saturated heterocycles. The van der Waals surface area contributed by atoms with Gasteiger partial charge in [-0.25, -0.2) is 14.4 Å². The quantitative estimate of drug-likeness (QED) is 0.372. The van der Waals surface area contributed by atoms with Crippen molar-refractivity contribution in [3.05, 3.63) is 76.6 Å². The highest BCUT2D eigenvalue weighted by Gasteiger charge is 2.23. The Morgan fingerprint density at radius 1 is 1.08 bits per heavy atom. The molecule has 0 radical (unpaired) electrons. The largest absolute Gasteiger partial charge is 0.393 e. The summed E-state index contributed by atoms with van der Waals surface area (Å²) >= 11 is 0. The van der Waals surface area contributed by atoms with E-state index in [9.17, 15) is 14.7 Å². The molecule has 5 heterocycles. The van der Waals surface area contributed by atoms with E-state index >= 15 is 4.39 Å². The summed E-state index contributed by atoms with van der Waals surface area (Å²) in [5.74, 6) is -0.141. The van der Waals surface area contributed by atoms with Crippen LogP contribution in [-0.4, -0.2) is 63.1 Å². The lowest BCUT2D eigenvalue weighted by molar-refractivity contribution is 0.0652. The minimum Gasteiger partial charge on any atom is -0.393 e. The van der Waals surface area contributed by atoms with E-state index in [0.29, 0.717) is 46.8 Å². The van der Waals surface area contributed by atoms with Gasteiger partial charge in [0, 0.05) is 43.5 Å². The average Bonchev–Trinajstić information content (AvgIpc) is 2.89. The number of hydrogen-bond donors (Lipinski definition) is 3. The number of nitrogens with zero attached hydrogens (tertiary/aromatic N) is 4. The van der Waals surface area contributed by atoms with Crippen molar-refractivity contribution in [1.82, 2.24) is 19.9 Å². The number of pyridine rings is 3. The van der Waals surface area contributed by atoms with Crippen molar-refractivity contribution in [1.29, 1.82) is 0 Å². The number of carbonyl (C=O) groups is 1. The van der Waals surface area contributed by atoms with Crippen molar-refractivity contribution in [3.63, 3.8) is 0 Å². The number of fused-ring (bicyclic) bond motifs is 1. The van der Waals surface area contributed by atoms with E-state index in [1.54, 1.807) is 23.2 Å². The van der Waals surface area contributed by atoms with E-state index in [2.05, 4.69) is 25.2 Å². The van der Waals surface area contributed by atoms with Crippen LogP contribution in [0.4, 0.5) is 21.6 Å². The molecule has 3 aromatic heterocycles. The van der Waals surface area contributed by atoms with Crippen LogP contribution in [0.15, 0.2) is 59.7 Å². The van der Waals surface area contributed by atoms with E-state index < -0.39 is 5.82 Å². The third-order valence-electron chi connectivity index (χ3n) is 7.20. The summed E-state index contributed by atoms with van der Waals surface area (Å²) in [5.41, 5.74) is 2.29. The van der Waals surface area contributed by atoms with Crippen LogP contribution in [-0.2, 0) is 0 Å². The Hall–Kier alpha value is -4.31. The fraction of sp³-hybridized carbons (Fsp3) is 0.286. The van der Waals surface area contributed by atoms with Gasteiger partial charge >= 0.3 is 0 Å². The smallest absolute Gasteiger partial charge is 0.259 e. The molecule has 1 aromatic carbocycles. The molecule has 1 amide bonds. The Labute approximate surface area is 218 Å². The molecular weight excluding hydrogens is 487 g/mol. The van der Waals surface area contributed by atoms with Crippen molar-refractivity contribution in [2.75, 3.05) is 36.4 Å². The summed E-state index contributed by atoms with van der Waals surface area (Å²) in [5, 5.41) is 13.3. The van der Waals surface area contributed by atoms with Gasteiger partial charge in [-0.3, -0.25) is 9.59 Å². The Morgan fingerprint density at radius 3 is 2.61 bits per heavy atom. The van der Waals surface area contributed by atoms with E-state index in [1.807, 2.05) is 12.1 Å². The third kappa shape index (κ3) is 4.58. The van der Waals surface area contributed by atoms with Crippen LogP contribution in [0.25, 0.3) is 22.2 Å². The molecule has 0 unspecified atom stereocenters. The number of aliphatic hydroxyl groups excluding tert-OH is 1. The van der Waals surface area contributed by atoms with Crippen molar-refractivity contribution >= 4 is 34.0 Å². The lowest BCUT2D eigenvalue weighted by atomic mass is 10.0. The van der Waals surface area contributed by atoms with Crippen molar-refractivity contribution < 1.29 is 14.3 Å². The maximum Gasteiger partial charge on any atom is 0.259 e. The highest BCUT2D eigenvalue weighted by molar-refractivity contribution is 5.97. The number of aliphatic hydroxyl groups is 1. The molecule has 2 aliphatic heterocycles. The highest BCUT2D eigenvalue weighted by Crippen LogP contribution is 2.31. The predicted octanol–water partition coefficient (Wildman–Crippen LogP) is 3.67. The maximum atomic E-state index is 15.0. The Kier molecular flexibility index (Phi) is 6.24. The van der Waals surface area contributed by atoms with Crippen LogP contribution < -0.4 is 15.8 Å². The number of piperidine rings is 1. The van der Waals surface area contributed by atoms with Crippen molar-refractivity contribution in [2.24, 2.45) is 0 Å². The van der Waals surface area contributed by atoms with Crippen LogP contribution in [0.1, 0.15) is 29.6 Å². The van der Waals surface area contributed by atoms with Crippen molar-refractivity contribution in [3.8, 4) is 11.3 Å². The summed E-state index contributed by atoms with van der Waals surface area (Å²) in [6, 6.07) is 11.3. The monoisotopic (exact) mass is 514 g/mol. The minimum absolute atomic E-state index is 0.138. The van der Waals surface area contributed by atoms with E-state index in [1.165, 1.54) is 24.4 Å². The topological polar surface area (TPSA) is 114 Å². The summed E-state index contributed by atoms with van der Waals surface area (Å²) in [6.45, 7) is 2.91. The number of aromatic amines is 1. The number of nitrogens with one attached hydrogen (secondary N) is 2. The summed E-state index contributed by atoms with van der Waals surface area (Å²) in [7, 11) is 0. The number of H-pyrrole nitrogens is 1. The summed E-state index contributed by atoms with van der Waals surface area (Å²) in [6.07, 6.45) is 5.39. The average molecular weight is 515 g/mol. The molecule has 0 bridgehead atoms. The lowest BCUT2D eigenvalue weighted by Crippen LogP contribution is -2.42. The minimum atomic E-state index is -0.512. The second kappa shape index (κ2) is 9.86. The zero-order chi connectivity index (χ0) is 26.2. The number of carbonyl (C=O) groups excluding carboxylic acids is 1. The van der Waals surface area contributed by atoms with Gasteiger partial charge in [0.05, 0.1) is 40.3 Å². The number of benzene rings is 1. The van der Waals surface area contributed by atoms with Crippen LogP contribution >= 0.6 is 0 Å². The molecule has 10 heteroatoms. The first-order valence-electron chi connectivity index (χ1n) is 12.7. The molecule has 2 fully saturated rings. The Morgan fingerprint density at radius 2 is 1.89 bits per heavy atom. The number of aromatic nitrogens is 3. The van der Waals surface area contributed by atoms with E-state index in [0.717, 1.165) is 38.0 Å². The van der Waals surface area contributed by atoms with E-state index in [-0.39, 0.29) is 23.1 Å². The van der Waals surface area contributed by atoms with Gasteiger partial charge in [0.25, 0.3) is 11.5 Å². The normalized spacial score (nSPS) is 15.9. The zero-order valence-corrected chi connectivity index (χ0v) is 20.7. The molecule has 0 atom stereocenters. The zero-order valence-electron chi connectivity index (χ0n) is 20.7.